The second kappa shape index (κ2) is 8.98. The first-order chi connectivity index (χ1) is 12.3. The smallest absolute Gasteiger partial charge is 0.407 e. The van der Waals surface area contributed by atoms with Gasteiger partial charge in [0.1, 0.15) is 5.60 Å². The van der Waals surface area contributed by atoms with Crippen molar-refractivity contribution in [1.82, 2.24) is 15.2 Å². The van der Waals surface area contributed by atoms with Gasteiger partial charge in [-0.2, -0.15) is 0 Å². The van der Waals surface area contributed by atoms with Crippen LogP contribution in [0.5, 0.6) is 0 Å². The molecular weight excluding hydrogens is 334 g/mol. The van der Waals surface area contributed by atoms with E-state index in [1.165, 1.54) is 7.11 Å². The Kier molecular flexibility index (Phi) is 6.97. The Bertz CT molecular complexity index is 602. The summed E-state index contributed by atoms with van der Waals surface area (Å²) in [5, 5.41) is 2.86. The Labute approximate surface area is 155 Å². The van der Waals surface area contributed by atoms with Crippen molar-refractivity contribution in [2.75, 3.05) is 26.7 Å². The number of piperidine rings is 1. The van der Waals surface area contributed by atoms with E-state index in [1.807, 2.05) is 26.8 Å². The summed E-state index contributed by atoms with van der Waals surface area (Å²) in [6.45, 7) is 8.90. The minimum atomic E-state index is -0.468. The zero-order valence-electron chi connectivity index (χ0n) is 16.1. The van der Waals surface area contributed by atoms with Crippen LogP contribution < -0.4 is 5.32 Å². The van der Waals surface area contributed by atoms with Crippen molar-refractivity contribution in [3.8, 4) is 0 Å². The van der Waals surface area contributed by atoms with Gasteiger partial charge in [-0.05, 0) is 64.8 Å². The van der Waals surface area contributed by atoms with Gasteiger partial charge < -0.3 is 14.8 Å². The number of rotatable bonds is 5. The van der Waals surface area contributed by atoms with Crippen molar-refractivity contribution >= 4 is 12.1 Å². The molecule has 1 saturated heterocycles. The van der Waals surface area contributed by atoms with Gasteiger partial charge in [0.2, 0.25) is 0 Å². The molecule has 7 heteroatoms. The van der Waals surface area contributed by atoms with Gasteiger partial charge in [0.25, 0.3) is 0 Å². The predicted molar refractivity (Wildman–Crippen MR) is 97.8 cm³/mol. The quantitative estimate of drug-likeness (QED) is 0.810. The number of ether oxygens (including phenoxy) is 2. The number of pyridine rings is 1. The minimum Gasteiger partial charge on any atom is -0.465 e. The molecule has 1 amide bonds. The van der Waals surface area contributed by atoms with Gasteiger partial charge in [-0.1, -0.05) is 0 Å². The van der Waals surface area contributed by atoms with Crippen LogP contribution in [0, 0.1) is 5.92 Å². The third-order valence-corrected chi connectivity index (χ3v) is 4.27. The summed E-state index contributed by atoms with van der Waals surface area (Å²) >= 11 is 0. The van der Waals surface area contributed by atoms with Crippen molar-refractivity contribution < 1.29 is 19.1 Å². The highest BCUT2D eigenvalue weighted by atomic mass is 16.6. The average Bonchev–Trinajstić information content (AvgIpc) is 2.59. The van der Waals surface area contributed by atoms with E-state index >= 15 is 0 Å². The van der Waals surface area contributed by atoms with Gasteiger partial charge in [0.15, 0.2) is 0 Å². The van der Waals surface area contributed by atoms with Gasteiger partial charge >= 0.3 is 12.1 Å². The van der Waals surface area contributed by atoms with E-state index in [9.17, 15) is 9.59 Å². The molecule has 2 heterocycles. The van der Waals surface area contributed by atoms with Crippen LogP contribution in [0.15, 0.2) is 18.3 Å². The van der Waals surface area contributed by atoms with Gasteiger partial charge in [0.05, 0.1) is 18.4 Å². The first-order valence-corrected chi connectivity index (χ1v) is 8.99. The molecule has 0 spiro atoms. The summed E-state index contributed by atoms with van der Waals surface area (Å²) in [5.74, 6) is 0.0933. The molecule has 0 aromatic carbocycles. The molecule has 1 fully saturated rings. The number of hydrogen-bond donors (Lipinski definition) is 1. The fourth-order valence-electron chi connectivity index (χ4n) is 2.88. The van der Waals surface area contributed by atoms with Crippen LogP contribution >= 0.6 is 0 Å². The third kappa shape index (κ3) is 6.63. The summed E-state index contributed by atoms with van der Waals surface area (Å²) in [5.41, 5.74) is 0.926. The fourth-order valence-corrected chi connectivity index (χ4v) is 2.88. The number of likely N-dealkylation sites (tertiary alicyclic amines) is 1. The number of carbonyl (C=O) groups excluding carboxylic acids is 2. The highest BCUT2D eigenvalue weighted by molar-refractivity contribution is 5.88. The normalized spacial score (nSPS) is 16.2. The Balaban J connectivity index is 1.71. The van der Waals surface area contributed by atoms with Crippen LogP contribution in [0.2, 0.25) is 0 Å². The first-order valence-electron chi connectivity index (χ1n) is 8.99. The maximum absolute atomic E-state index is 11.7. The molecule has 0 unspecified atom stereocenters. The molecular formula is C19H29N3O4. The molecule has 0 atom stereocenters. The molecule has 0 radical (unpaired) electrons. The van der Waals surface area contributed by atoms with E-state index in [0.29, 0.717) is 18.0 Å². The van der Waals surface area contributed by atoms with Crippen molar-refractivity contribution in [1.29, 1.82) is 0 Å². The zero-order chi connectivity index (χ0) is 19.2. The molecule has 1 aromatic rings. The highest BCUT2D eigenvalue weighted by Gasteiger charge is 2.22. The molecule has 1 aliphatic rings. The topological polar surface area (TPSA) is 80.8 Å². The first kappa shape index (κ1) is 20.2. The monoisotopic (exact) mass is 363 g/mol. The Hall–Kier alpha value is -2.15. The SMILES string of the molecule is COC(=O)c1ccc(CN2CCC(CNC(=O)OC(C)(C)C)CC2)nc1. The molecule has 26 heavy (non-hydrogen) atoms. The van der Waals surface area contributed by atoms with Crippen LogP contribution in [-0.4, -0.2) is 54.3 Å². The van der Waals surface area contributed by atoms with E-state index in [-0.39, 0.29) is 12.1 Å². The summed E-state index contributed by atoms with van der Waals surface area (Å²) in [6.07, 6.45) is 3.25. The number of hydrogen-bond acceptors (Lipinski definition) is 6. The van der Waals surface area contributed by atoms with Crippen molar-refractivity contribution in [3.05, 3.63) is 29.6 Å². The lowest BCUT2D eigenvalue weighted by Gasteiger charge is -2.32. The van der Waals surface area contributed by atoms with Gasteiger partial charge in [-0.15, -0.1) is 0 Å². The van der Waals surface area contributed by atoms with Crippen LogP contribution in [0.4, 0.5) is 4.79 Å². The maximum Gasteiger partial charge on any atom is 0.407 e. The molecule has 1 N–H and O–H groups in total. The number of alkyl carbamates (subject to hydrolysis) is 1. The van der Waals surface area contributed by atoms with Crippen LogP contribution in [0.3, 0.4) is 0 Å². The summed E-state index contributed by atoms with van der Waals surface area (Å²) in [4.78, 5) is 29.8. The van der Waals surface area contributed by atoms with Crippen molar-refractivity contribution in [2.24, 2.45) is 5.92 Å². The fraction of sp³-hybridized carbons (Fsp3) is 0.632. The lowest BCUT2D eigenvalue weighted by Crippen LogP contribution is -2.40. The number of esters is 1. The molecule has 144 valence electrons. The largest absolute Gasteiger partial charge is 0.465 e. The zero-order valence-corrected chi connectivity index (χ0v) is 16.1. The Morgan fingerprint density at radius 3 is 2.50 bits per heavy atom. The standard InChI is InChI=1S/C19H29N3O4/c1-19(2,3)26-18(24)21-11-14-7-9-22(10-8-14)13-16-6-5-15(12-20-16)17(23)25-4/h5-6,12,14H,7-11,13H2,1-4H3,(H,21,24). The van der Waals surface area contributed by atoms with E-state index in [4.69, 9.17) is 4.74 Å². The molecule has 0 bridgehead atoms. The number of carbonyl (C=O) groups is 2. The van der Waals surface area contributed by atoms with Crippen LogP contribution in [0.1, 0.15) is 49.7 Å². The maximum atomic E-state index is 11.7. The average molecular weight is 363 g/mol. The van der Waals surface area contributed by atoms with E-state index in [2.05, 4.69) is 19.9 Å². The molecule has 7 nitrogen and oxygen atoms in total. The second-order valence-electron chi connectivity index (χ2n) is 7.63. The Morgan fingerprint density at radius 2 is 1.96 bits per heavy atom. The third-order valence-electron chi connectivity index (χ3n) is 4.27. The van der Waals surface area contributed by atoms with E-state index in [0.717, 1.165) is 38.2 Å². The molecule has 2 rings (SSSR count). The van der Waals surface area contributed by atoms with E-state index in [1.54, 1.807) is 12.3 Å². The summed E-state index contributed by atoms with van der Waals surface area (Å²) in [6, 6.07) is 3.61. The van der Waals surface area contributed by atoms with Gasteiger partial charge in [-0.3, -0.25) is 9.88 Å². The number of amides is 1. The predicted octanol–water partition coefficient (Wildman–Crippen LogP) is 2.60. The number of aromatic nitrogens is 1. The molecule has 1 aliphatic heterocycles. The second-order valence-corrected chi connectivity index (χ2v) is 7.63. The van der Waals surface area contributed by atoms with Gasteiger partial charge in [-0.25, -0.2) is 9.59 Å². The number of methoxy groups -OCH3 is 1. The van der Waals surface area contributed by atoms with Crippen molar-refractivity contribution in [2.45, 2.75) is 45.8 Å². The molecule has 0 saturated carbocycles. The highest BCUT2D eigenvalue weighted by Crippen LogP contribution is 2.18. The van der Waals surface area contributed by atoms with Gasteiger partial charge in [0, 0.05) is 19.3 Å². The summed E-state index contributed by atoms with van der Waals surface area (Å²) < 4.78 is 9.94. The number of nitrogens with zero attached hydrogens (tertiary/aromatic N) is 2. The van der Waals surface area contributed by atoms with Crippen LogP contribution in [-0.2, 0) is 16.0 Å². The lowest BCUT2D eigenvalue weighted by molar-refractivity contribution is 0.0508. The minimum absolute atomic E-state index is 0.352. The molecule has 1 aromatic heterocycles. The summed E-state index contributed by atoms with van der Waals surface area (Å²) in [7, 11) is 1.36. The van der Waals surface area contributed by atoms with E-state index < -0.39 is 5.60 Å². The van der Waals surface area contributed by atoms with Crippen LogP contribution in [0.25, 0.3) is 0 Å². The Morgan fingerprint density at radius 1 is 1.27 bits per heavy atom. The molecule has 0 aliphatic carbocycles. The number of nitrogens with one attached hydrogen (secondary N) is 1. The lowest BCUT2D eigenvalue weighted by atomic mass is 9.97. The van der Waals surface area contributed by atoms with Crippen molar-refractivity contribution in [3.63, 3.8) is 0 Å².